The van der Waals surface area contributed by atoms with E-state index in [1.165, 1.54) is 16.3 Å². The third-order valence-electron chi connectivity index (χ3n) is 4.78. The molecule has 0 spiro atoms. The van der Waals surface area contributed by atoms with Gasteiger partial charge >= 0.3 is 0 Å². The van der Waals surface area contributed by atoms with Gasteiger partial charge in [0.05, 0.1) is 18.1 Å². The second kappa shape index (κ2) is 6.13. The standard InChI is InChI=1S/C22H21BrN2O/c1-22(2,3)14-9-10-24-21(11-14)25-19-8-5-15(23)12-18(19)17-7-6-16(26-4)13-20(17)25/h5-13H,1-4H3. The number of fused-ring (bicyclic) bond motifs is 3. The van der Waals surface area contributed by atoms with Crippen molar-refractivity contribution in [3.63, 3.8) is 0 Å². The van der Waals surface area contributed by atoms with Crippen LogP contribution >= 0.6 is 15.9 Å². The first-order valence-corrected chi connectivity index (χ1v) is 9.42. The van der Waals surface area contributed by atoms with Crippen molar-refractivity contribution in [2.75, 3.05) is 7.11 Å². The molecular weight excluding hydrogens is 388 g/mol. The van der Waals surface area contributed by atoms with Gasteiger partial charge in [-0.2, -0.15) is 0 Å². The van der Waals surface area contributed by atoms with Crippen molar-refractivity contribution >= 4 is 37.7 Å². The molecule has 0 atom stereocenters. The summed E-state index contributed by atoms with van der Waals surface area (Å²) in [7, 11) is 1.70. The Morgan fingerprint density at radius 2 is 1.73 bits per heavy atom. The number of ether oxygens (including phenoxy) is 1. The van der Waals surface area contributed by atoms with Crippen molar-refractivity contribution in [2.45, 2.75) is 26.2 Å². The predicted molar refractivity (Wildman–Crippen MR) is 112 cm³/mol. The van der Waals surface area contributed by atoms with Gasteiger partial charge in [-0.3, -0.25) is 4.57 Å². The van der Waals surface area contributed by atoms with Gasteiger partial charge in [0.2, 0.25) is 0 Å². The summed E-state index contributed by atoms with van der Waals surface area (Å²) >= 11 is 3.60. The van der Waals surface area contributed by atoms with Crippen molar-refractivity contribution < 1.29 is 4.74 Å². The highest BCUT2D eigenvalue weighted by Crippen LogP contribution is 2.35. The van der Waals surface area contributed by atoms with Crippen molar-refractivity contribution in [3.05, 3.63) is 64.8 Å². The molecule has 2 aromatic heterocycles. The number of hydrogen-bond acceptors (Lipinski definition) is 2. The zero-order valence-electron chi connectivity index (χ0n) is 15.4. The molecule has 2 aromatic carbocycles. The average molecular weight is 409 g/mol. The van der Waals surface area contributed by atoms with E-state index < -0.39 is 0 Å². The molecule has 0 saturated carbocycles. The number of benzene rings is 2. The zero-order valence-corrected chi connectivity index (χ0v) is 17.0. The van der Waals surface area contributed by atoms with Gasteiger partial charge in [-0.25, -0.2) is 4.98 Å². The van der Waals surface area contributed by atoms with Crippen molar-refractivity contribution in [1.29, 1.82) is 0 Å². The van der Waals surface area contributed by atoms with Crippen LogP contribution in [0.25, 0.3) is 27.6 Å². The topological polar surface area (TPSA) is 27.1 Å². The van der Waals surface area contributed by atoms with Crippen LogP contribution in [0.1, 0.15) is 26.3 Å². The van der Waals surface area contributed by atoms with Crippen LogP contribution in [-0.2, 0) is 5.41 Å². The van der Waals surface area contributed by atoms with Crippen LogP contribution in [0.4, 0.5) is 0 Å². The summed E-state index contributed by atoms with van der Waals surface area (Å²) in [5.74, 6) is 1.76. The second-order valence-electron chi connectivity index (χ2n) is 7.53. The Morgan fingerprint density at radius 3 is 2.46 bits per heavy atom. The normalized spacial score (nSPS) is 12.0. The lowest BCUT2D eigenvalue weighted by Gasteiger charge is -2.20. The van der Waals surface area contributed by atoms with Gasteiger partial charge in [0.1, 0.15) is 11.6 Å². The number of rotatable bonds is 2. The fourth-order valence-corrected chi connectivity index (χ4v) is 3.72. The molecule has 0 fully saturated rings. The molecule has 0 radical (unpaired) electrons. The summed E-state index contributed by atoms with van der Waals surface area (Å²) in [6.45, 7) is 6.66. The molecular formula is C22H21BrN2O. The lowest BCUT2D eigenvalue weighted by atomic mass is 9.88. The maximum Gasteiger partial charge on any atom is 0.137 e. The Balaban J connectivity index is 2.10. The molecule has 0 N–H and O–H groups in total. The third-order valence-corrected chi connectivity index (χ3v) is 5.27. The van der Waals surface area contributed by atoms with E-state index in [0.29, 0.717) is 0 Å². The molecule has 0 aliphatic rings. The van der Waals surface area contributed by atoms with Gasteiger partial charge < -0.3 is 4.74 Å². The molecule has 0 saturated heterocycles. The third kappa shape index (κ3) is 2.78. The quantitative estimate of drug-likeness (QED) is 0.392. The zero-order chi connectivity index (χ0) is 18.5. The highest BCUT2D eigenvalue weighted by molar-refractivity contribution is 9.10. The Kier molecular flexibility index (Phi) is 4.03. The minimum atomic E-state index is 0.0666. The van der Waals surface area contributed by atoms with E-state index in [4.69, 9.17) is 4.74 Å². The maximum atomic E-state index is 5.47. The van der Waals surface area contributed by atoms with Crippen molar-refractivity contribution in [1.82, 2.24) is 9.55 Å². The minimum absolute atomic E-state index is 0.0666. The van der Waals surface area contributed by atoms with Crippen molar-refractivity contribution in [3.8, 4) is 11.6 Å². The number of nitrogens with zero attached hydrogens (tertiary/aromatic N) is 2. The minimum Gasteiger partial charge on any atom is -0.497 e. The van der Waals surface area contributed by atoms with Crippen LogP contribution in [0.3, 0.4) is 0 Å². The Bertz CT molecular complexity index is 1120. The van der Waals surface area contributed by atoms with Gasteiger partial charge in [0.25, 0.3) is 0 Å². The Hall–Kier alpha value is -2.33. The first-order chi connectivity index (χ1) is 12.4. The van der Waals surface area contributed by atoms with Crippen LogP contribution < -0.4 is 4.74 Å². The van der Waals surface area contributed by atoms with Crippen LogP contribution in [0.5, 0.6) is 5.75 Å². The van der Waals surface area contributed by atoms with Gasteiger partial charge in [-0.1, -0.05) is 36.7 Å². The second-order valence-corrected chi connectivity index (χ2v) is 8.45. The van der Waals surface area contributed by atoms with E-state index in [2.05, 4.69) is 88.7 Å². The smallest absolute Gasteiger partial charge is 0.137 e. The maximum absolute atomic E-state index is 5.47. The van der Waals surface area contributed by atoms with Crippen LogP contribution in [0.15, 0.2) is 59.2 Å². The Morgan fingerprint density at radius 1 is 0.923 bits per heavy atom. The molecule has 0 amide bonds. The first kappa shape index (κ1) is 17.1. The molecule has 26 heavy (non-hydrogen) atoms. The average Bonchev–Trinajstić information content (AvgIpc) is 2.93. The first-order valence-electron chi connectivity index (χ1n) is 8.63. The highest BCUT2D eigenvalue weighted by Gasteiger charge is 2.18. The van der Waals surface area contributed by atoms with E-state index in [1.807, 2.05) is 12.3 Å². The summed E-state index contributed by atoms with van der Waals surface area (Å²) in [4.78, 5) is 4.68. The van der Waals surface area contributed by atoms with Gasteiger partial charge in [0.15, 0.2) is 0 Å². The number of aromatic nitrogens is 2. The van der Waals surface area contributed by atoms with E-state index in [-0.39, 0.29) is 5.41 Å². The summed E-state index contributed by atoms with van der Waals surface area (Å²) in [6, 6.07) is 16.8. The lowest BCUT2D eigenvalue weighted by Crippen LogP contribution is -2.12. The van der Waals surface area contributed by atoms with E-state index >= 15 is 0 Å². The van der Waals surface area contributed by atoms with Gasteiger partial charge in [-0.15, -0.1) is 0 Å². The Labute approximate surface area is 161 Å². The van der Waals surface area contributed by atoms with Gasteiger partial charge in [-0.05, 0) is 53.4 Å². The number of methoxy groups -OCH3 is 1. The molecule has 4 rings (SSSR count). The molecule has 3 nitrogen and oxygen atoms in total. The lowest BCUT2D eigenvalue weighted by molar-refractivity contribution is 0.415. The molecule has 0 unspecified atom stereocenters. The molecule has 0 aliphatic carbocycles. The molecule has 4 heteroatoms. The number of pyridine rings is 1. The fraction of sp³-hybridized carbons (Fsp3) is 0.227. The summed E-state index contributed by atoms with van der Waals surface area (Å²) in [6.07, 6.45) is 1.90. The highest BCUT2D eigenvalue weighted by atomic mass is 79.9. The fourth-order valence-electron chi connectivity index (χ4n) is 3.35. The monoisotopic (exact) mass is 408 g/mol. The number of halogens is 1. The SMILES string of the molecule is COc1ccc2c3cc(Br)ccc3n(-c3cc(C(C)(C)C)ccn3)c2c1. The van der Waals surface area contributed by atoms with Gasteiger partial charge in [0, 0.05) is 27.5 Å². The molecule has 0 aliphatic heterocycles. The van der Waals surface area contributed by atoms with Crippen LogP contribution in [0, 0.1) is 0 Å². The van der Waals surface area contributed by atoms with Crippen LogP contribution in [-0.4, -0.2) is 16.7 Å². The summed E-state index contributed by atoms with van der Waals surface area (Å²) in [5.41, 5.74) is 3.56. The van der Waals surface area contributed by atoms with Crippen molar-refractivity contribution in [2.24, 2.45) is 0 Å². The van der Waals surface area contributed by atoms with E-state index in [0.717, 1.165) is 27.1 Å². The summed E-state index contributed by atoms with van der Waals surface area (Å²) in [5, 5.41) is 2.38. The summed E-state index contributed by atoms with van der Waals surface area (Å²) < 4.78 is 8.75. The molecule has 132 valence electrons. The molecule has 4 aromatic rings. The molecule has 0 bridgehead atoms. The number of hydrogen-bond donors (Lipinski definition) is 0. The predicted octanol–water partition coefficient (Wildman–Crippen LogP) is 6.25. The van der Waals surface area contributed by atoms with E-state index in [9.17, 15) is 0 Å². The largest absolute Gasteiger partial charge is 0.497 e. The van der Waals surface area contributed by atoms with Crippen LogP contribution in [0.2, 0.25) is 0 Å². The van der Waals surface area contributed by atoms with E-state index in [1.54, 1.807) is 7.11 Å². The molecule has 2 heterocycles.